The highest BCUT2D eigenvalue weighted by molar-refractivity contribution is 6.05. The number of fused-ring (bicyclic) bond motifs is 4. The van der Waals surface area contributed by atoms with E-state index in [-0.39, 0.29) is 37.5 Å². The Morgan fingerprint density at radius 1 is 1.22 bits per heavy atom. The number of aliphatic hydroxyl groups excluding tert-OH is 1. The minimum Gasteiger partial charge on any atom is -0.393 e. The minimum atomic E-state index is -2.07. The fourth-order valence-corrected chi connectivity index (χ4v) is 7.35. The van der Waals surface area contributed by atoms with E-state index in [2.05, 4.69) is 10.3 Å². The summed E-state index contributed by atoms with van der Waals surface area (Å²) in [6.07, 6.45) is 6.21. The van der Waals surface area contributed by atoms with Crippen molar-refractivity contribution < 1.29 is 23.8 Å². The average molecular weight is 447 g/mol. The van der Waals surface area contributed by atoms with Crippen molar-refractivity contribution in [2.45, 2.75) is 87.8 Å². The van der Waals surface area contributed by atoms with Gasteiger partial charge >= 0.3 is 0 Å². The molecule has 1 aromatic rings. The highest BCUT2D eigenvalue weighted by Crippen LogP contribution is 2.65. The van der Waals surface area contributed by atoms with Crippen LogP contribution < -0.4 is 5.32 Å². The molecule has 1 heterocycles. The number of allylic oxidation sites excluding steroid dienone is 1. The molecule has 0 aliphatic heterocycles. The Morgan fingerprint density at radius 2 is 2.03 bits per heavy atom. The highest BCUT2D eigenvalue weighted by Gasteiger charge is 2.69. The first-order valence-corrected chi connectivity index (χ1v) is 11.8. The van der Waals surface area contributed by atoms with Crippen LogP contribution in [0.5, 0.6) is 0 Å². The molecule has 4 aliphatic carbocycles. The molecule has 1 aromatic heterocycles. The molecule has 32 heavy (non-hydrogen) atoms. The second-order valence-corrected chi connectivity index (χ2v) is 10.8. The van der Waals surface area contributed by atoms with Crippen LogP contribution in [0.25, 0.3) is 0 Å². The van der Waals surface area contributed by atoms with Crippen molar-refractivity contribution in [2.75, 3.05) is 5.32 Å². The molecule has 0 bridgehead atoms. The third-order valence-corrected chi connectivity index (χ3v) is 9.10. The maximum atomic E-state index is 16.6. The second kappa shape index (κ2) is 7.32. The zero-order valence-corrected chi connectivity index (χ0v) is 18.5. The number of rotatable bonds is 2. The van der Waals surface area contributed by atoms with Crippen LogP contribution in [0.15, 0.2) is 36.2 Å². The number of nitrogens with one attached hydrogen (secondary N) is 1. The van der Waals surface area contributed by atoms with Gasteiger partial charge in [0.05, 0.1) is 18.0 Å². The molecule has 7 atom stereocenters. The van der Waals surface area contributed by atoms with E-state index in [1.807, 2.05) is 13.0 Å². The van der Waals surface area contributed by atoms with Crippen molar-refractivity contribution in [3.8, 4) is 0 Å². The van der Waals surface area contributed by atoms with Gasteiger partial charge in [0.2, 0.25) is 0 Å². The molecule has 7 heteroatoms. The number of hydrogen-bond acceptors (Lipinski definition) is 4. The van der Waals surface area contributed by atoms with Crippen LogP contribution in [0.4, 0.5) is 14.5 Å². The molecule has 1 amide bonds. The Labute approximate surface area is 187 Å². The Balaban J connectivity index is 1.43. The highest BCUT2D eigenvalue weighted by atomic mass is 19.2. The predicted octanol–water partition coefficient (Wildman–Crippen LogP) is 4.26. The molecule has 0 spiro atoms. The van der Waals surface area contributed by atoms with Crippen LogP contribution in [0, 0.1) is 17.3 Å². The summed E-state index contributed by atoms with van der Waals surface area (Å²) in [5, 5.41) is 24.8. The number of pyridine rings is 1. The molecule has 6 unspecified atom stereocenters. The summed E-state index contributed by atoms with van der Waals surface area (Å²) in [5.41, 5.74) is -5.10. The Kier molecular flexibility index (Phi) is 5.02. The molecular weight excluding hydrogens is 414 g/mol. The molecule has 0 saturated heterocycles. The van der Waals surface area contributed by atoms with Gasteiger partial charge in [-0.05, 0) is 63.0 Å². The maximum absolute atomic E-state index is 16.6. The Morgan fingerprint density at radius 3 is 2.78 bits per heavy atom. The summed E-state index contributed by atoms with van der Waals surface area (Å²) in [4.78, 5) is 17.1. The summed E-state index contributed by atoms with van der Waals surface area (Å²) >= 11 is 0. The van der Waals surface area contributed by atoms with E-state index >= 15 is 8.78 Å². The molecule has 5 nitrogen and oxygen atoms in total. The molecule has 0 radical (unpaired) electrons. The number of aliphatic hydroxyl groups is 2. The van der Waals surface area contributed by atoms with Crippen LogP contribution in [0.1, 0.15) is 64.7 Å². The Hall–Kier alpha value is -1.86. The van der Waals surface area contributed by atoms with Gasteiger partial charge in [-0.15, -0.1) is 0 Å². The fraction of sp³-hybridized carbons (Fsp3) is 0.680. The van der Waals surface area contributed by atoms with Crippen molar-refractivity contribution in [3.05, 3.63) is 36.2 Å². The lowest BCUT2D eigenvalue weighted by atomic mass is 9.53. The predicted molar refractivity (Wildman–Crippen MR) is 116 cm³/mol. The summed E-state index contributed by atoms with van der Waals surface area (Å²) < 4.78 is 32.6. The SMILES string of the molecule is CC12CCC3(F)CC4(F)CC(O)CCC4CC[C@]3(O)C1CC=C2C(=O)Nc1cccnc1. The van der Waals surface area contributed by atoms with Gasteiger partial charge in [0, 0.05) is 35.9 Å². The third-order valence-electron chi connectivity index (χ3n) is 9.10. The van der Waals surface area contributed by atoms with Crippen LogP contribution in [0.2, 0.25) is 0 Å². The largest absolute Gasteiger partial charge is 0.393 e. The van der Waals surface area contributed by atoms with Gasteiger partial charge in [-0.25, -0.2) is 8.78 Å². The normalized spacial score (nSPS) is 45.7. The number of hydrogen-bond donors (Lipinski definition) is 3. The summed E-state index contributed by atoms with van der Waals surface area (Å²) in [6.45, 7) is 1.93. The van der Waals surface area contributed by atoms with Crippen molar-refractivity contribution in [2.24, 2.45) is 17.3 Å². The number of anilines is 1. The smallest absolute Gasteiger partial charge is 0.251 e. The van der Waals surface area contributed by atoms with E-state index in [4.69, 9.17) is 0 Å². The quantitative estimate of drug-likeness (QED) is 0.634. The topological polar surface area (TPSA) is 82.5 Å². The number of carbonyl (C=O) groups is 1. The summed E-state index contributed by atoms with van der Waals surface area (Å²) in [7, 11) is 0. The number of nitrogens with zero attached hydrogens (tertiary/aromatic N) is 1. The first kappa shape index (κ1) is 22.0. The summed E-state index contributed by atoms with van der Waals surface area (Å²) in [5.74, 6) is -1.09. The molecule has 4 aliphatic rings. The van der Waals surface area contributed by atoms with Gasteiger partial charge in [0.1, 0.15) is 16.9 Å². The van der Waals surface area contributed by atoms with Crippen LogP contribution >= 0.6 is 0 Å². The molecule has 3 fully saturated rings. The van der Waals surface area contributed by atoms with Gasteiger partial charge in [-0.2, -0.15) is 0 Å². The zero-order valence-electron chi connectivity index (χ0n) is 18.5. The van der Waals surface area contributed by atoms with E-state index in [0.717, 1.165) is 0 Å². The molecule has 174 valence electrons. The Bertz CT molecular complexity index is 942. The van der Waals surface area contributed by atoms with E-state index < -0.39 is 34.4 Å². The van der Waals surface area contributed by atoms with Crippen LogP contribution in [-0.4, -0.2) is 44.1 Å². The van der Waals surface area contributed by atoms with Crippen molar-refractivity contribution >= 4 is 11.6 Å². The lowest BCUT2D eigenvalue weighted by molar-refractivity contribution is -0.204. The van der Waals surface area contributed by atoms with Crippen LogP contribution in [-0.2, 0) is 4.79 Å². The van der Waals surface area contributed by atoms with Crippen molar-refractivity contribution in [1.82, 2.24) is 4.98 Å². The molecule has 5 rings (SSSR count). The standard InChI is InChI=1S/C25H32F2N2O3/c1-22-10-11-24(27)15-23(26)13-18(30)5-4-16(23)8-9-25(24,32)20(22)7-6-19(22)21(31)29-17-3-2-12-28-14-17/h2-3,6,12,14,16,18,20,30,32H,4-5,7-11,13,15H2,1H3,(H,29,31)/t16?,18?,20?,22?,23?,24?,25-/m0/s1. The number of halogens is 2. The fourth-order valence-electron chi connectivity index (χ4n) is 7.35. The van der Waals surface area contributed by atoms with Gasteiger partial charge < -0.3 is 15.5 Å². The first-order valence-electron chi connectivity index (χ1n) is 11.8. The number of alkyl halides is 2. The van der Waals surface area contributed by atoms with E-state index in [9.17, 15) is 15.0 Å². The lowest BCUT2D eigenvalue weighted by Gasteiger charge is -2.56. The van der Waals surface area contributed by atoms with Crippen molar-refractivity contribution in [3.63, 3.8) is 0 Å². The van der Waals surface area contributed by atoms with E-state index in [1.165, 1.54) is 0 Å². The van der Waals surface area contributed by atoms with Gasteiger partial charge in [-0.3, -0.25) is 9.78 Å². The van der Waals surface area contributed by atoms with E-state index in [1.54, 1.807) is 24.5 Å². The molecule has 3 N–H and O–H groups in total. The first-order chi connectivity index (χ1) is 15.1. The zero-order chi connectivity index (χ0) is 22.8. The van der Waals surface area contributed by atoms with Gasteiger partial charge in [0.15, 0.2) is 0 Å². The van der Waals surface area contributed by atoms with Gasteiger partial charge in [-0.1, -0.05) is 13.0 Å². The second-order valence-electron chi connectivity index (χ2n) is 10.8. The molecular formula is C25H32F2N2O3. The third kappa shape index (κ3) is 3.15. The number of carbonyl (C=O) groups excluding carboxylic acids is 1. The lowest BCUT2D eigenvalue weighted by Crippen LogP contribution is -2.64. The minimum absolute atomic E-state index is 0.00248. The maximum Gasteiger partial charge on any atom is 0.251 e. The van der Waals surface area contributed by atoms with Crippen LogP contribution in [0.3, 0.4) is 0 Å². The number of amides is 1. The average Bonchev–Trinajstić information content (AvgIpc) is 3.05. The monoisotopic (exact) mass is 446 g/mol. The molecule has 0 aromatic carbocycles. The van der Waals surface area contributed by atoms with Crippen molar-refractivity contribution in [1.29, 1.82) is 0 Å². The number of aromatic nitrogens is 1. The molecule has 3 saturated carbocycles. The summed E-state index contributed by atoms with van der Waals surface area (Å²) in [6, 6.07) is 3.49. The van der Waals surface area contributed by atoms with E-state index in [0.29, 0.717) is 43.4 Å². The van der Waals surface area contributed by atoms with Gasteiger partial charge in [0.25, 0.3) is 5.91 Å².